The first-order chi connectivity index (χ1) is 8.15. The minimum atomic E-state index is -0.368. The maximum absolute atomic E-state index is 11.7. The molecule has 17 heavy (non-hydrogen) atoms. The van der Waals surface area contributed by atoms with Crippen LogP contribution in [0.25, 0.3) is 0 Å². The number of anilines is 1. The summed E-state index contributed by atoms with van der Waals surface area (Å²) in [6, 6.07) is 7.71. The highest BCUT2D eigenvalue weighted by molar-refractivity contribution is 6.30. The number of carbonyl (C=O) groups excluding carboxylic acids is 1. The lowest BCUT2D eigenvalue weighted by atomic mass is 10.2. The molecule has 0 aliphatic carbocycles. The van der Waals surface area contributed by atoms with Gasteiger partial charge in [-0.15, -0.1) is 0 Å². The van der Waals surface area contributed by atoms with E-state index in [1.54, 1.807) is 24.3 Å². The third-order valence-corrected chi connectivity index (χ3v) is 2.22. The average molecular weight is 250 g/mol. The molecule has 0 aliphatic rings. The molecule has 86 valence electrons. The molecule has 6 heteroatoms. The van der Waals surface area contributed by atoms with E-state index in [4.69, 9.17) is 16.7 Å². The van der Waals surface area contributed by atoms with Crippen molar-refractivity contribution in [1.82, 2.24) is 9.97 Å². The lowest BCUT2D eigenvalue weighted by Crippen LogP contribution is -2.13. The topological polar surface area (TPSA) is 75.1 Å². The van der Waals surface area contributed by atoms with Crippen LogP contribution in [0.1, 0.15) is 10.4 Å². The van der Waals surface area contributed by atoms with Gasteiger partial charge in [0.2, 0.25) is 11.8 Å². The van der Waals surface area contributed by atoms with Gasteiger partial charge < -0.3 is 5.11 Å². The molecule has 2 N–H and O–H groups in total. The quantitative estimate of drug-likeness (QED) is 0.855. The van der Waals surface area contributed by atoms with Gasteiger partial charge in [0.1, 0.15) is 0 Å². The molecule has 0 radical (unpaired) electrons. The van der Waals surface area contributed by atoms with Gasteiger partial charge >= 0.3 is 0 Å². The third-order valence-electron chi connectivity index (χ3n) is 1.97. The highest BCUT2D eigenvalue weighted by Gasteiger charge is 2.07. The molecule has 1 aromatic heterocycles. The first-order valence-electron chi connectivity index (χ1n) is 4.74. The predicted molar refractivity (Wildman–Crippen MR) is 63.1 cm³/mol. The van der Waals surface area contributed by atoms with Crippen molar-refractivity contribution >= 4 is 23.5 Å². The van der Waals surface area contributed by atoms with Crippen molar-refractivity contribution in [2.75, 3.05) is 5.32 Å². The van der Waals surface area contributed by atoms with Gasteiger partial charge in [-0.2, -0.15) is 4.98 Å². The van der Waals surface area contributed by atoms with Crippen LogP contribution in [0, 0.1) is 0 Å². The van der Waals surface area contributed by atoms with Gasteiger partial charge in [0.05, 0.1) is 0 Å². The molecule has 0 spiro atoms. The van der Waals surface area contributed by atoms with Crippen molar-refractivity contribution in [2.24, 2.45) is 0 Å². The second-order valence-corrected chi connectivity index (χ2v) is 3.64. The molecule has 0 bridgehead atoms. The van der Waals surface area contributed by atoms with E-state index in [0.29, 0.717) is 10.6 Å². The maximum Gasteiger partial charge on any atom is 0.258 e. The van der Waals surface area contributed by atoms with Crippen molar-refractivity contribution in [1.29, 1.82) is 0 Å². The summed E-state index contributed by atoms with van der Waals surface area (Å²) in [6.07, 6.45) is 1.35. The van der Waals surface area contributed by atoms with E-state index in [1.807, 2.05) is 0 Å². The SMILES string of the molecule is O=C(Nc1nccc(O)n1)c1ccc(Cl)cc1. The molecule has 1 amide bonds. The van der Waals surface area contributed by atoms with Crippen molar-refractivity contribution in [3.8, 4) is 5.88 Å². The van der Waals surface area contributed by atoms with Crippen molar-refractivity contribution in [3.05, 3.63) is 47.1 Å². The number of hydrogen-bond donors (Lipinski definition) is 2. The number of hydrogen-bond acceptors (Lipinski definition) is 4. The minimum Gasteiger partial charge on any atom is -0.493 e. The zero-order valence-corrected chi connectivity index (χ0v) is 9.35. The van der Waals surface area contributed by atoms with Crippen LogP contribution >= 0.6 is 11.6 Å². The summed E-state index contributed by atoms with van der Waals surface area (Å²) < 4.78 is 0. The van der Waals surface area contributed by atoms with Gasteiger partial charge in [0, 0.05) is 22.8 Å². The zero-order valence-electron chi connectivity index (χ0n) is 8.59. The van der Waals surface area contributed by atoms with Crippen LogP contribution in [0.3, 0.4) is 0 Å². The number of benzene rings is 1. The Morgan fingerprint density at radius 3 is 2.59 bits per heavy atom. The van der Waals surface area contributed by atoms with E-state index in [0.717, 1.165) is 0 Å². The van der Waals surface area contributed by atoms with E-state index < -0.39 is 0 Å². The predicted octanol–water partition coefficient (Wildman–Crippen LogP) is 2.09. The van der Waals surface area contributed by atoms with Gasteiger partial charge in [-0.1, -0.05) is 11.6 Å². The minimum absolute atomic E-state index is 0.0462. The van der Waals surface area contributed by atoms with E-state index in [1.165, 1.54) is 12.3 Å². The summed E-state index contributed by atoms with van der Waals surface area (Å²) in [5, 5.41) is 12.1. The molecule has 0 fully saturated rings. The summed E-state index contributed by atoms with van der Waals surface area (Å²) in [4.78, 5) is 19.2. The van der Waals surface area contributed by atoms with Gasteiger partial charge in [-0.05, 0) is 24.3 Å². The average Bonchev–Trinajstić information content (AvgIpc) is 2.29. The van der Waals surface area contributed by atoms with Crippen molar-refractivity contribution in [2.45, 2.75) is 0 Å². The van der Waals surface area contributed by atoms with Gasteiger partial charge in [-0.3, -0.25) is 10.1 Å². The highest BCUT2D eigenvalue weighted by atomic mass is 35.5. The van der Waals surface area contributed by atoms with Crippen LogP contribution in [0.4, 0.5) is 5.95 Å². The summed E-state index contributed by atoms with van der Waals surface area (Å²) in [5.41, 5.74) is 0.432. The Kier molecular flexibility index (Phi) is 3.20. The lowest BCUT2D eigenvalue weighted by molar-refractivity contribution is 0.102. The summed E-state index contributed by atoms with van der Waals surface area (Å²) in [5.74, 6) is -0.524. The third kappa shape index (κ3) is 2.92. The molecule has 1 aromatic carbocycles. The van der Waals surface area contributed by atoms with Crippen LogP contribution in [0.15, 0.2) is 36.5 Å². The number of halogens is 1. The van der Waals surface area contributed by atoms with Crippen molar-refractivity contribution in [3.63, 3.8) is 0 Å². The molecular formula is C11H8ClN3O2. The fourth-order valence-electron chi connectivity index (χ4n) is 1.18. The van der Waals surface area contributed by atoms with Crippen LogP contribution in [0.5, 0.6) is 5.88 Å². The van der Waals surface area contributed by atoms with Crippen LogP contribution in [0.2, 0.25) is 5.02 Å². The first kappa shape index (κ1) is 11.3. The Labute approximate surface area is 102 Å². The largest absolute Gasteiger partial charge is 0.493 e. The zero-order chi connectivity index (χ0) is 12.3. The molecule has 0 atom stereocenters. The van der Waals surface area contributed by atoms with E-state index in [9.17, 15) is 4.79 Å². The van der Waals surface area contributed by atoms with E-state index >= 15 is 0 Å². The Bertz CT molecular complexity index is 543. The first-order valence-corrected chi connectivity index (χ1v) is 5.12. The molecule has 0 saturated heterocycles. The molecule has 0 saturated carbocycles. The molecule has 0 aliphatic heterocycles. The van der Waals surface area contributed by atoms with Gasteiger partial charge in [0.25, 0.3) is 5.91 Å². The summed E-state index contributed by atoms with van der Waals surface area (Å²) in [7, 11) is 0. The number of rotatable bonds is 2. The Morgan fingerprint density at radius 2 is 1.94 bits per heavy atom. The van der Waals surface area contributed by atoms with E-state index in [2.05, 4.69) is 15.3 Å². The lowest BCUT2D eigenvalue weighted by Gasteiger charge is -2.03. The number of aromatic hydroxyl groups is 1. The molecular weight excluding hydrogens is 242 g/mol. The molecule has 2 aromatic rings. The highest BCUT2D eigenvalue weighted by Crippen LogP contribution is 2.11. The fraction of sp³-hybridized carbons (Fsp3) is 0. The standard InChI is InChI=1S/C11H8ClN3O2/c12-8-3-1-7(2-4-8)10(17)15-11-13-6-5-9(16)14-11/h1-6H,(H2,13,14,15,16,17). The van der Waals surface area contributed by atoms with Crippen LogP contribution < -0.4 is 5.32 Å². The van der Waals surface area contributed by atoms with Crippen LogP contribution in [-0.2, 0) is 0 Å². The number of nitrogens with one attached hydrogen (secondary N) is 1. The normalized spacial score (nSPS) is 9.94. The molecule has 5 nitrogen and oxygen atoms in total. The Balaban J connectivity index is 2.14. The number of aromatic nitrogens is 2. The smallest absolute Gasteiger partial charge is 0.258 e. The number of amides is 1. The van der Waals surface area contributed by atoms with Crippen molar-refractivity contribution < 1.29 is 9.90 Å². The molecule has 1 heterocycles. The second kappa shape index (κ2) is 4.80. The fourth-order valence-corrected chi connectivity index (χ4v) is 1.31. The molecule has 0 unspecified atom stereocenters. The van der Waals surface area contributed by atoms with Gasteiger partial charge in [-0.25, -0.2) is 4.98 Å². The van der Waals surface area contributed by atoms with Gasteiger partial charge in [0.15, 0.2) is 0 Å². The molecule has 2 rings (SSSR count). The summed E-state index contributed by atoms with van der Waals surface area (Å²) in [6.45, 7) is 0. The van der Waals surface area contributed by atoms with Crippen LogP contribution in [-0.4, -0.2) is 21.0 Å². The maximum atomic E-state index is 11.7. The number of nitrogens with zero attached hydrogens (tertiary/aromatic N) is 2. The van der Waals surface area contributed by atoms with E-state index in [-0.39, 0.29) is 17.7 Å². The Hall–Kier alpha value is -2.14. The number of carbonyl (C=O) groups is 1. The second-order valence-electron chi connectivity index (χ2n) is 3.20. The monoisotopic (exact) mass is 249 g/mol. The summed E-state index contributed by atoms with van der Waals surface area (Å²) >= 11 is 5.71. The Morgan fingerprint density at radius 1 is 1.24 bits per heavy atom.